The molecule has 5 heteroatoms. The predicted octanol–water partition coefficient (Wildman–Crippen LogP) is 1.58. The van der Waals surface area contributed by atoms with Crippen LogP contribution in [0, 0.1) is 0 Å². The Morgan fingerprint density at radius 2 is 2.00 bits per heavy atom. The lowest BCUT2D eigenvalue weighted by atomic mass is 10.2. The molecule has 0 saturated carbocycles. The first kappa shape index (κ1) is 16.7. The van der Waals surface area contributed by atoms with Crippen LogP contribution in [0.5, 0.6) is 0 Å². The van der Waals surface area contributed by atoms with Crippen LogP contribution in [0.1, 0.15) is 40.0 Å². The molecule has 1 atom stereocenters. The fourth-order valence-corrected chi connectivity index (χ4v) is 2.09. The summed E-state index contributed by atoms with van der Waals surface area (Å²) in [6.45, 7) is 5.38. The van der Waals surface area contributed by atoms with Crippen LogP contribution in [0.4, 0.5) is 0 Å². The molecule has 0 spiro atoms. The zero-order valence-corrected chi connectivity index (χ0v) is 11.8. The average molecular weight is 264 g/mol. The summed E-state index contributed by atoms with van der Waals surface area (Å²) in [7, 11) is 0. The minimum absolute atomic E-state index is 0.155. The van der Waals surface area contributed by atoms with Crippen molar-refractivity contribution in [2.45, 2.75) is 51.7 Å². The molecule has 0 aliphatic heterocycles. The molecular formula is C12H24O4S. The van der Waals surface area contributed by atoms with Crippen molar-refractivity contribution in [2.75, 3.05) is 18.1 Å². The fourth-order valence-electron chi connectivity index (χ4n) is 1.14. The summed E-state index contributed by atoms with van der Waals surface area (Å²) < 4.78 is 5.18. The molecule has 0 aromatic heterocycles. The highest BCUT2D eigenvalue weighted by Crippen LogP contribution is 2.12. The largest absolute Gasteiger partial charge is 0.460 e. The van der Waals surface area contributed by atoms with E-state index in [1.54, 1.807) is 11.8 Å². The number of carbonyl (C=O) groups is 1. The molecule has 2 N–H and O–H groups in total. The molecule has 0 amide bonds. The highest BCUT2D eigenvalue weighted by Gasteiger charge is 2.15. The smallest absolute Gasteiger partial charge is 0.306 e. The highest BCUT2D eigenvalue weighted by atomic mass is 32.2. The van der Waals surface area contributed by atoms with Gasteiger partial charge in [0.25, 0.3) is 0 Å². The lowest BCUT2D eigenvalue weighted by Crippen LogP contribution is -2.23. The molecule has 0 aliphatic carbocycles. The SMILES string of the molecule is CC(C)(C)OC(=O)CCCCSCC(O)CO. The maximum Gasteiger partial charge on any atom is 0.306 e. The summed E-state index contributed by atoms with van der Waals surface area (Å²) in [6, 6.07) is 0. The van der Waals surface area contributed by atoms with Gasteiger partial charge in [0, 0.05) is 12.2 Å². The van der Waals surface area contributed by atoms with Crippen molar-refractivity contribution in [3.63, 3.8) is 0 Å². The zero-order chi connectivity index (χ0) is 13.3. The van der Waals surface area contributed by atoms with Crippen molar-refractivity contribution < 1.29 is 19.7 Å². The number of hydrogen-bond donors (Lipinski definition) is 2. The van der Waals surface area contributed by atoms with Crippen molar-refractivity contribution in [2.24, 2.45) is 0 Å². The Labute approximate surface area is 108 Å². The van der Waals surface area contributed by atoms with Crippen LogP contribution in [0.25, 0.3) is 0 Å². The van der Waals surface area contributed by atoms with E-state index in [4.69, 9.17) is 14.9 Å². The molecule has 1 unspecified atom stereocenters. The molecule has 0 aliphatic rings. The van der Waals surface area contributed by atoms with E-state index in [1.165, 1.54) is 0 Å². The molecule has 0 aromatic carbocycles. The summed E-state index contributed by atoms with van der Waals surface area (Å²) in [5.74, 6) is 1.28. The van der Waals surface area contributed by atoms with Gasteiger partial charge in [0.05, 0.1) is 12.7 Å². The number of unbranched alkanes of at least 4 members (excludes halogenated alkanes) is 1. The van der Waals surface area contributed by atoms with E-state index >= 15 is 0 Å². The van der Waals surface area contributed by atoms with Crippen molar-refractivity contribution in [1.29, 1.82) is 0 Å². The molecule has 0 rings (SSSR count). The normalized spacial score (nSPS) is 13.5. The summed E-state index contributed by atoms with van der Waals surface area (Å²) in [6.07, 6.45) is 1.53. The highest BCUT2D eigenvalue weighted by molar-refractivity contribution is 7.99. The lowest BCUT2D eigenvalue weighted by Gasteiger charge is -2.19. The number of hydrogen-bond acceptors (Lipinski definition) is 5. The fraction of sp³-hybridized carbons (Fsp3) is 0.917. The third-order valence-electron chi connectivity index (χ3n) is 1.86. The summed E-state index contributed by atoms with van der Waals surface area (Å²) in [5.41, 5.74) is -0.406. The van der Waals surface area contributed by atoms with E-state index in [1.807, 2.05) is 20.8 Å². The molecule has 102 valence electrons. The molecule has 0 aromatic rings. The second-order valence-electron chi connectivity index (χ2n) is 4.95. The minimum atomic E-state index is -0.633. The summed E-state index contributed by atoms with van der Waals surface area (Å²) >= 11 is 1.59. The van der Waals surface area contributed by atoms with Crippen LogP contribution >= 0.6 is 11.8 Å². The van der Waals surface area contributed by atoms with Crippen molar-refractivity contribution in [3.05, 3.63) is 0 Å². The molecule has 4 nitrogen and oxygen atoms in total. The third kappa shape index (κ3) is 12.0. The van der Waals surface area contributed by atoms with Crippen molar-refractivity contribution in [3.8, 4) is 0 Å². The maximum atomic E-state index is 11.3. The minimum Gasteiger partial charge on any atom is -0.460 e. The van der Waals surface area contributed by atoms with Crippen LogP contribution in [0.2, 0.25) is 0 Å². The number of carbonyl (C=O) groups excluding carboxylic acids is 1. The second kappa shape index (κ2) is 8.78. The van der Waals surface area contributed by atoms with Crippen molar-refractivity contribution in [1.82, 2.24) is 0 Å². The maximum absolute atomic E-state index is 11.3. The van der Waals surface area contributed by atoms with Gasteiger partial charge in [-0.05, 0) is 39.4 Å². The summed E-state index contributed by atoms with van der Waals surface area (Å²) in [5, 5.41) is 17.7. The van der Waals surface area contributed by atoms with Gasteiger partial charge < -0.3 is 14.9 Å². The third-order valence-corrected chi connectivity index (χ3v) is 3.06. The second-order valence-corrected chi connectivity index (χ2v) is 6.10. The molecular weight excluding hydrogens is 240 g/mol. The van der Waals surface area contributed by atoms with Crippen molar-refractivity contribution >= 4 is 17.7 Å². The van der Waals surface area contributed by atoms with Gasteiger partial charge in [-0.2, -0.15) is 11.8 Å². The Morgan fingerprint density at radius 1 is 1.35 bits per heavy atom. The number of thioether (sulfide) groups is 1. The van der Waals surface area contributed by atoms with Crippen LogP contribution in [0.3, 0.4) is 0 Å². The van der Waals surface area contributed by atoms with E-state index in [-0.39, 0.29) is 12.6 Å². The van der Waals surface area contributed by atoms with Gasteiger partial charge in [-0.3, -0.25) is 4.79 Å². The number of ether oxygens (including phenoxy) is 1. The first-order chi connectivity index (χ1) is 7.85. The summed E-state index contributed by atoms with van der Waals surface area (Å²) in [4.78, 5) is 11.3. The molecule has 0 bridgehead atoms. The van der Waals surface area contributed by atoms with E-state index < -0.39 is 11.7 Å². The van der Waals surface area contributed by atoms with Crippen LogP contribution in [-0.4, -0.2) is 46.0 Å². The lowest BCUT2D eigenvalue weighted by molar-refractivity contribution is -0.154. The van der Waals surface area contributed by atoms with Gasteiger partial charge in [0.1, 0.15) is 5.60 Å². The van der Waals surface area contributed by atoms with Crippen LogP contribution in [-0.2, 0) is 9.53 Å². The van der Waals surface area contributed by atoms with E-state index in [0.717, 1.165) is 18.6 Å². The first-order valence-electron chi connectivity index (χ1n) is 5.93. The number of rotatable bonds is 8. The van der Waals surface area contributed by atoms with Gasteiger partial charge in [0.2, 0.25) is 0 Å². The molecule has 0 heterocycles. The van der Waals surface area contributed by atoms with E-state index in [9.17, 15) is 4.79 Å². The molecule has 17 heavy (non-hydrogen) atoms. The van der Waals surface area contributed by atoms with Crippen LogP contribution < -0.4 is 0 Å². The number of aliphatic hydroxyl groups is 2. The van der Waals surface area contributed by atoms with Gasteiger partial charge in [-0.25, -0.2) is 0 Å². The Bertz CT molecular complexity index is 213. The molecule has 0 saturated heterocycles. The van der Waals surface area contributed by atoms with Gasteiger partial charge >= 0.3 is 5.97 Å². The number of aliphatic hydroxyl groups excluding tert-OH is 2. The monoisotopic (exact) mass is 264 g/mol. The zero-order valence-electron chi connectivity index (χ0n) is 10.9. The van der Waals surface area contributed by atoms with Gasteiger partial charge in [-0.1, -0.05) is 0 Å². The first-order valence-corrected chi connectivity index (χ1v) is 7.09. The predicted molar refractivity (Wildman–Crippen MR) is 70.1 cm³/mol. The average Bonchev–Trinajstić information content (AvgIpc) is 2.20. The Hall–Kier alpha value is -0.260. The number of esters is 1. The topological polar surface area (TPSA) is 66.8 Å². The Morgan fingerprint density at radius 3 is 2.53 bits per heavy atom. The standard InChI is InChI=1S/C12H24O4S/c1-12(2,3)16-11(15)6-4-5-7-17-9-10(14)8-13/h10,13-14H,4-9H2,1-3H3. The Kier molecular flexibility index (Phi) is 8.64. The van der Waals surface area contributed by atoms with Gasteiger partial charge in [-0.15, -0.1) is 0 Å². The van der Waals surface area contributed by atoms with E-state index in [0.29, 0.717) is 12.2 Å². The van der Waals surface area contributed by atoms with E-state index in [2.05, 4.69) is 0 Å². The Balaban J connectivity index is 3.37. The quantitative estimate of drug-likeness (QED) is 0.515. The van der Waals surface area contributed by atoms with Gasteiger partial charge in [0.15, 0.2) is 0 Å². The van der Waals surface area contributed by atoms with Crippen LogP contribution in [0.15, 0.2) is 0 Å². The molecule has 0 radical (unpaired) electrons. The molecule has 0 fully saturated rings.